The van der Waals surface area contributed by atoms with Crippen LogP contribution in [0.2, 0.25) is 5.02 Å². The molecule has 0 amide bonds. The van der Waals surface area contributed by atoms with E-state index in [4.69, 9.17) is 40.7 Å². The van der Waals surface area contributed by atoms with Gasteiger partial charge in [0.25, 0.3) is 5.79 Å². The number of alkyl halides is 3. The first-order chi connectivity index (χ1) is 22.7. The van der Waals surface area contributed by atoms with E-state index in [1.54, 1.807) is 32.2 Å². The third-order valence-corrected chi connectivity index (χ3v) is 8.35. The molecule has 49 heavy (non-hydrogen) atoms. The van der Waals surface area contributed by atoms with Crippen LogP contribution in [0.4, 0.5) is 17.6 Å². The minimum atomic E-state index is -5.08. The molecule has 0 aliphatic carbocycles. The van der Waals surface area contributed by atoms with E-state index in [1.165, 1.54) is 12.3 Å². The van der Waals surface area contributed by atoms with Crippen molar-refractivity contribution in [2.75, 3.05) is 26.8 Å². The highest BCUT2D eigenvalue weighted by Crippen LogP contribution is 2.49. The number of methoxy groups -OCH3 is 1. The Morgan fingerprint density at radius 2 is 1.82 bits per heavy atom. The molecular formula is C33H35ClF4N4O7. The lowest BCUT2D eigenvalue weighted by molar-refractivity contribution is -0.192. The highest BCUT2D eigenvalue weighted by molar-refractivity contribution is 6.30. The number of aromatic carboxylic acids is 1. The van der Waals surface area contributed by atoms with E-state index in [9.17, 15) is 27.5 Å². The fraction of sp³-hybridized carbons (Fsp3) is 0.394. The Bertz CT molecular complexity index is 1830. The molecule has 2 aromatic carbocycles. The highest BCUT2D eigenvalue weighted by Gasteiger charge is 2.43. The van der Waals surface area contributed by atoms with Crippen LogP contribution in [0.5, 0.6) is 11.5 Å². The highest BCUT2D eigenvalue weighted by atomic mass is 35.5. The largest absolute Gasteiger partial charge is 0.490 e. The van der Waals surface area contributed by atoms with Gasteiger partial charge < -0.3 is 29.0 Å². The van der Waals surface area contributed by atoms with Crippen molar-refractivity contribution >= 4 is 34.7 Å². The summed E-state index contributed by atoms with van der Waals surface area (Å²) >= 11 is 5.96. The second kappa shape index (κ2) is 15.0. The maximum absolute atomic E-state index is 14.8. The summed E-state index contributed by atoms with van der Waals surface area (Å²) in [4.78, 5) is 31.8. The van der Waals surface area contributed by atoms with Gasteiger partial charge in [0.15, 0.2) is 17.1 Å². The lowest BCUT2D eigenvalue weighted by Gasteiger charge is -2.32. The smallest absolute Gasteiger partial charge is 0.478 e. The number of para-hydroxylation sites is 1. The number of carboxylic acids is 2. The fourth-order valence-corrected chi connectivity index (χ4v) is 5.92. The summed E-state index contributed by atoms with van der Waals surface area (Å²) in [5, 5.41) is 16.9. The third kappa shape index (κ3) is 8.23. The zero-order valence-corrected chi connectivity index (χ0v) is 26.5. The Labute approximate surface area is 284 Å². The molecule has 1 saturated heterocycles. The quantitative estimate of drug-likeness (QED) is 0.187. The summed E-state index contributed by atoms with van der Waals surface area (Å²) in [7, 11) is 1.63. The van der Waals surface area contributed by atoms with Crippen molar-refractivity contribution in [2.45, 2.75) is 58.2 Å². The number of rotatable bonds is 8. The first-order valence-corrected chi connectivity index (χ1v) is 15.1. The average Bonchev–Trinajstić information content (AvgIpc) is 3.56. The zero-order chi connectivity index (χ0) is 34.8. The van der Waals surface area contributed by atoms with E-state index in [2.05, 4.69) is 16.0 Å². The van der Waals surface area contributed by atoms with Gasteiger partial charge in [0.2, 0.25) is 0 Å². The fourth-order valence-electron chi connectivity index (χ4n) is 5.76. The number of piperidine rings is 1. The maximum Gasteiger partial charge on any atom is 0.490 e. The number of carbonyl (C=O) groups is 2. The Morgan fingerprint density at radius 1 is 1.12 bits per heavy atom. The number of fused-ring (bicyclic) bond motifs is 2. The van der Waals surface area contributed by atoms with Crippen LogP contribution in [0.15, 0.2) is 48.7 Å². The average molecular weight is 711 g/mol. The van der Waals surface area contributed by atoms with E-state index in [1.807, 2.05) is 16.7 Å². The van der Waals surface area contributed by atoms with Crippen molar-refractivity contribution in [3.05, 3.63) is 82.0 Å². The van der Waals surface area contributed by atoms with Crippen LogP contribution in [0.3, 0.4) is 0 Å². The van der Waals surface area contributed by atoms with Crippen LogP contribution in [0.25, 0.3) is 11.2 Å². The second-order valence-electron chi connectivity index (χ2n) is 11.3. The molecule has 11 nitrogen and oxygen atoms in total. The summed E-state index contributed by atoms with van der Waals surface area (Å²) in [5.41, 5.74) is 2.68. The van der Waals surface area contributed by atoms with Crippen molar-refractivity contribution in [1.82, 2.24) is 19.4 Å². The normalized spacial score (nSPS) is 17.7. The summed E-state index contributed by atoms with van der Waals surface area (Å²) in [6, 6.07) is 12.0. The van der Waals surface area contributed by atoms with Gasteiger partial charge in [-0.15, -0.1) is 0 Å². The number of hydrogen-bond donors (Lipinski definition) is 2. The number of hydrogen-bond acceptors (Lipinski definition) is 8. The number of imidazole rings is 1. The van der Waals surface area contributed by atoms with Gasteiger partial charge >= 0.3 is 18.1 Å². The molecule has 2 aliphatic rings. The Morgan fingerprint density at radius 3 is 2.43 bits per heavy atom. The molecule has 2 N–H and O–H groups in total. The van der Waals surface area contributed by atoms with Crippen LogP contribution < -0.4 is 9.47 Å². The van der Waals surface area contributed by atoms with E-state index < -0.39 is 29.7 Å². The number of halogens is 5. The van der Waals surface area contributed by atoms with Crippen LogP contribution in [-0.2, 0) is 28.4 Å². The molecule has 0 bridgehead atoms. The predicted molar refractivity (Wildman–Crippen MR) is 170 cm³/mol. The molecular weight excluding hydrogens is 676 g/mol. The molecule has 264 valence electrons. The molecule has 1 atom stereocenters. The van der Waals surface area contributed by atoms with Crippen molar-refractivity contribution < 1.29 is 51.6 Å². The minimum absolute atomic E-state index is 0. The molecule has 0 saturated carbocycles. The number of likely N-dealkylation sites (tertiary alicyclic amines) is 1. The molecule has 0 spiro atoms. The number of aliphatic carboxylic acids is 1. The second-order valence-corrected chi connectivity index (χ2v) is 11.8. The Kier molecular flexibility index (Phi) is 11.4. The summed E-state index contributed by atoms with van der Waals surface area (Å²) in [6.07, 6.45) is -1.96. The molecule has 4 aromatic rings. The Hall–Kier alpha value is -4.47. The number of ether oxygens (including phenoxy) is 3. The summed E-state index contributed by atoms with van der Waals surface area (Å²) in [6.45, 7) is 5.01. The number of aromatic nitrogens is 3. The monoisotopic (exact) mass is 710 g/mol. The first kappa shape index (κ1) is 37.4. The Balaban J connectivity index is 0.000000613. The SMILES string of the molecule is C.COCCn1c(CN2CCC(c3cccc4c3OC(C)(c3ccc(Cl)cc3F)O4)CC2)nc2ncc(C(=O)O)cc21.O=C(O)C(F)(F)F. The van der Waals surface area contributed by atoms with Crippen LogP contribution >= 0.6 is 11.6 Å². The third-order valence-electron chi connectivity index (χ3n) is 8.12. The molecule has 6 rings (SSSR count). The van der Waals surface area contributed by atoms with Crippen LogP contribution in [-0.4, -0.2) is 74.6 Å². The summed E-state index contributed by atoms with van der Waals surface area (Å²) < 4.78 is 66.3. The van der Waals surface area contributed by atoms with Gasteiger partial charge in [0.05, 0.1) is 29.8 Å². The minimum Gasteiger partial charge on any atom is -0.478 e. The van der Waals surface area contributed by atoms with Crippen molar-refractivity contribution in [3.63, 3.8) is 0 Å². The lowest BCUT2D eigenvalue weighted by Crippen LogP contribution is -2.34. The van der Waals surface area contributed by atoms with Crippen LogP contribution in [0.1, 0.15) is 60.4 Å². The van der Waals surface area contributed by atoms with Gasteiger partial charge in [-0.2, -0.15) is 13.2 Å². The standard InChI is InChI=1S/C30H30ClFN4O5.C2HF3O2.CH4/c1-30(22-7-6-20(31)15-23(22)32)40-25-5-3-4-21(27(25)41-30)18-8-10-35(11-9-18)17-26-34-28-24(36(26)12-13-39-2)14-19(16-33-28)29(37)38;3-2(4,5)1(6)7;/h3-7,14-16,18H,8-13,17H2,1-2H3,(H,37,38);(H,6,7);1H4. The van der Waals surface area contributed by atoms with Gasteiger partial charge in [-0.3, -0.25) is 4.90 Å². The number of nitrogens with zero attached hydrogens (tertiary/aromatic N) is 4. The predicted octanol–water partition coefficient (Wildman–Crippen LogP) is 6.86. The van der Waals surface area contributed by atoms with E-state index in [0.29, 0.717) is 52.9 Å². The van der Waals surface area contributed by atoms with Gasteiger partial charge in [0.1, 0.15) is 11.6 Å². The lowest BCUT2D eigenvalue weighted by atomic mass is 9.88. The maximum atomic E-state index is 14.8. The zero-order valence-electron chi connectivity index (χ0n) is 25.8. The molecule has 0 radical (unpaired) electrons. The number of carboxylic acid groups (broad SMARTS) is 2. The van der Waals surface area contributed by atoms with E-state index in [0.717, 1.165) is 37.3 Å². The molecule has 1 unspecified atom stereocenters. The molecule has 2 aromatic heterocycles. The molecule has 1 fully saturated rings. The van der Waals surface area contributed by atoms with E-state index in [-0.39, 0.29) is 18.9 Å². The molecule has 4 heterocycles. The van der Waals surface area contributed by atoms with Gasteiger partial charge in [-0.1, -0.05) is 31.2 Å². The van der Waals surface area contributed by atoms with Gasteiger partial charge in [-0.05, 0) is 62.2 Å². The summed E-state index contributed by atoms with van der Waals surface area (Å²) in [5.74, 6) is -3.22. The topological polar surface area (TPSA) is 136 Å². The molecule has 2 aliphatic heterocycles. The number of benzene rings is 2. The van der Waals surface area contributed by atoms with Gasteiger partial charge in [-0.25, -0.2) is 23.9 Å². The van der Waals surface area contributed by atoms with Crippen molar-refractivity contribution in [1.29, 1.82) is 0 Å². The van der Waals surface area contributed by atoms with Crippen LogP contribution in [0, 0.1) is 5.82 Å². The van der Waals surface area contributed by atoms with E-state index >= 15 is 0 Å². The molecule has 16 heteroatoms. The first-order valence-electron chi connectivity index (χ1n) is 14.8. The van der Waals surface area contributed by atoms with Crippen molar-refractivity contribution in [3.8, 4) is 11.5 Å². The van der Waals surface area contributed by atoms with Crippen molar-refractivity contribution in [2.24, 2.45) is 0 Å². The number of pyridine rings is 1. The van der Waals surface area contributed by atoms with Gasteiger partial charge in [0, 0.05) is 37.4 Å².